The number of rotatable bonds is 13. The fourth-order valence-corrected chi connectivity index (χ4v) is 3.69. The molecule has 5 nitrogen and oxygen atoms in total. The molecule has 126 valence electrons. The van der Waals surface area contributed by atoms with Gasteiger partial charge in [0.15, 0.2) is 0 Å². The number of hydrogen-bond donors (Lipinski definition) is 1. The van der Waals surface area contributed by atoms with Crippen LogP contribution in [0.5, 0.6) is 0 Å². The molecule has 0 saturated heterocycles. The second-order valence-corrected chi connectivity index (χ2v) is 8.05. The highest BCUT2D eigenvalue weighted by molar-refractivity contribution is 7.86. The summed E-state index contributed by atoms with van der Waals surface area (Å²) in [6.07, 6.45) is 7.33. The van der Waals surface area contributed by atoms with E-state index in [0.29, 0.717) is 25.7 Å². The first-order valence-corrected chi connectivity index (χ1v) is 9.86. The minimum absolute atomic E-state index is 0.594. The summed E-state index contributed by atoms with van der Waals surface area (Å²) in [6, 6.07) is 0.692. The van der Waals surface area contributed by atoms with Gasteiger partial charge in [-0.15, -0.1) is 0 Å². The molecule has 0 spiro atoms. The molecule has 0 aromatic carbocycles. The summed E-state index contributed by atoms with van der Waals surface area (Å²) in [4.78, 5) is 0. The predicted molar refractivity (Wildman–Crippen MR) is 88.6 cm³/mol. The highest BCUT2D eigenvalue weighted by Crippen LogP contribution is 2.18. The second kappa shape index (κ2) is 9.77. The summed E-state index contributed by atoms with van der Waals surface area (Å²) in [5.41, 5.74) is 0. The van der Waals surface area contributed by atoms with Gasteiger partial charge in [0.2, 0.25) is 0 Å². The summed E-state index contributed by atoms with van der Waals surface area (Å²) in [5, 5.41) is 3.43. The van der Waals surface area contributed by atoms with E-state index in [1.54, 1.807) is 11.4 Å². The van der Waals surface area contributed by atoms with Crippen LogP contribution in [0.1, 0.15) is 58.8 Å². The lowest BCUT2D eigenvalue weighted by Crippen LogP contribution is -2.43. The molecule has 6 heteroatoms. The van der Waals surface area contributed by atoms with E-state index in [4.69, 9.17) is 0 Å². The van der Waals surface area contributed by atoms with Crippen molar-refractivity contribution in [3.63, 3.8) is 0 Å². The van der Waals surface area contributed by atoms with Gasteiger partial charge in [-0.25, -0.2) is 0 Å². The van der Waals surface area contributed by atoms with E-state index in [1.165, 1.54) is 17.1 Å². The minimum Gasteiger partial charge on any atom is -0.314 e. The van der Waals surface area contributed by atoms with Crippen LogP contribution in [0, 0.1) is 0 Å². The third kappa shape index (κ3) is 7.08. The monoisotopic (exact) mass is 319 g/mol. The molecule has 0 amide bonds. The van der Waals surface area contributed by atoms with Crippen LogP contribution < -0.4 is 5.32 Å². The van der Waals surface area contributed by atoms with E-state index in [-0.39, 0.29) is 0 Å². The summed E-state index contributed by atoms with van der Waals surface area (Å²) in [6.45, 7) is 6.98. The molecule has 1 aliphatic carbocycles. The largest absolute Gasteiger partial charge is 0.314 e. The van der Waals surface area contributed by atoms with Crippen LogP contribution >= 0.6 is 0 Å². The molecule has 0 aliphatic heterocycles. The highest BCUT2D eigenvalue weighted by Gasteiger charge is 2.26. The molecular weight excluding hydrogens is 286 g/mol. The Bertz CT molecular complexity index is 361. The summed E-state index contributed by atoms with van der Waals surface area (Å²) in [5.74, 6) is 0. The van der Waals surface area contributed by atoms with E-state index in [9.17, 15) is 8.42 Å². The van der Waals surface area contributed by atoms with Gasteiger partial charge >= 0.3 is 0 Å². The lowest BCUT2D eigenvalue weighted by Gasteiger charge is -2.27. The highest BCUT2D eigenvalue weighted by atomic mass is 32.2. The van der Waals surface area contributed by atoms with Crippen LogP contribution in [0.2, 0.25) is 0 Å². The molecule has 1 N–H and O–H groups in total. The molecule has 21 heavy (non-hydrogen) atoms. The Balaban J connectivity index is 2.42. The molecule has 0 aromatic heterocycles. The average molecular weight is 320 g/mol. The van der Waals surface area contributed by atoms with Crippen LogP contribution in [0.4, 0.5) is 0 Å². The van der Waals surface area contributed by atoms with Gasteiger partial charge in [-0.1, -0.05) is 26.7 Å². The van der Waals surface area contributed by atoms with E-state index in [0.717, 1.165) is 38.6 Å². The van der Waals surface area contributed by atoms with Crippen molar-refractivity contribution in [3.05, 3.63) is 0 Å². The SMILES string of the molecule is CCCCN(CCCC)S(=O)(=O)N(C)CCCNC1CC1. The molecule has 0 aromatic rings. The molecule has 0 atom stereocenters. The first-order chi connectivity index (χ1) is 10.0. The van der Waals surface area contributed by atoms with Crippen molar-refractivity contribution in [2.75, 3.05) is 33.2 Å². The van der Waals surface area contributed by atoms with Crippen molar-refractivity contribution in [1.82, 2.24) is 13.9 Å². The standard InChI is InChI=1S/C15H33N3O2S/c1-4-6-13-18(14-7-5-2)21(19,20)17(3)12-8-11-16-15-9-10-15/h15-16H,4-14H2,1-3H3. The first-order valence-electron chi connectivity index (χ1n) is 8.47. The zero-order valence-corrected chi connectivity index (χ0v) is 14.8. The lowest BCUT2D eigenvalue weighted by atomic mass is 10.3. The lowest BCUT2D eigenvalue weighted by molar-refractivity contribution is 0.346. The summed E-state index contributed by atoms with van der Waals surface area (Å²) >= 11 is 0. The van der Waals surface area contributed by atoms with Gasteiger partial charge in [0.05, 0.1) is 0 Å². The molecular formula is C15H33N3O2S. The van der Waals surface area contributed by atoms with Crippen molar-refractivity contribution < 1.29 is 8.42 Å². The van der Waals surface area contributed by atoms with E-state index < -0.39 is 10.2 Å². The second-order valence-electron chi connectivity index (χ2n) is 6.02. The van der Waals surface area contributed by atoms with Gasteiger partial charge in [-0.3, -0.25) is 0 Å². The van der Waals surface area contributed by atoms with Crippen molar-refractivity contribution in [2.24, 2.45) is 0 Å². The average Bonchev–Trinajstić information content (AvgIpc) is 3.27. The normalized spacial score (nSPS) is 16.0. The van der Waals surface area contributed by atoms with Crippen molar-refractivity contribution in [2.45, 2.75) is 64.8 Å². The van der Waals surface area contributed by atoms with E-state index in [1.807, 2.05) is 0 Å². The minimum atomic E-state index is -3.29. The Morgan fingerprint density at radius 3 is 2.05 bits per heavy atom. The molecule has 0 radical (unpaired) electrons. The molecule has 1 fully saturated rings. The number of unbranched alkanes of at least 4 members (excludes halogenated alkanes) is 2. The van der Waals surface area contributed by atoms with Crippen molar-refractivity contribution in [3.8, 4) is 0 Å². The fraction of sp³-hybridized carbons (Fsp3) is 1.00. The quantitative estimate of drug-likeness (QED) is 0.530. The number of nitrogens with zero attached hydrogens (tertiary/aromatic N) is 2. The fourth-order valence-electron chi connectivity index (χ4n) is 2.22. The van der Waals surface area contributed by atoms with Crippen LogP contribution in [0.15, 0.2) is 0 Å². The predicted octanol–water partition coefficient (Wildman–Crippen LogP) is 2.21. The van der Waals surface area contributed by atoms with E-state index in [2.05, 4.69) is 19.2 Å². The van der Waals surface area contributed by atoms with Gasteiger partial charge in [0.1, 0.15) is 0 Å². The molecule has 1 rings (SSSR count). The molecule has 1 aliphatic rings. The number of hydrogen-bond acceptors (Lipinski definition) is 3. The molecule has 0 heterocycles. The van der Waals surface area contributed by atoms with Gasteiger partial charge in [-0.2, -0.15) is 17.0 Å². The van der Waals surface area contributed by atoms with Crippen LogP contribution in [0.3, 0.4) is 0 Å². The van der Waals surface area contributed by atoms with Crippen LogP contribution in [0.25, 0.3) is 0 Å². The topological polar surface area (TPSA) is 52.7 Å². The third-order valence-electron chi connectivity index (χ3n) is 3.90. The third-order valence-corrected chi connectivity index (χ3v) is 5.89. The summed E-state index contributed by atoms with van der Waals surface area (Å²) < 4.78 is 28.4. The maximum atomic E-state index is 12.6. The van der Waals surface area contributed by atoms with Gasteiger partial charge in [0.25, 0.3) is 10.2 Å². The van der Waals surface area contributed by atoms with Gasteiger partial charge in [-0.05, 0) is 38.6 Å². The Morgan fingerprint density at radius 1 is 1.00 bits per heavy atom. The van der Waals surface area contributed by atoms with Crippen LogP contribution in [-0.4, -0.2) is 56.3 Å². The zero-order valence-electron chi connectivity index (χ0n) is 14.0. The van der Waals surface area contributed by atoms with Crippen molar-refractivity contribution in [1.29, 1.82) is 0 Å². The molecule has 0 bridgehead atoms. The smallest absolute Gasteiger partial charge is 0.281 e. The van der Waals surface area contributed by atoms with E-state index >= 15 is 0 Å². The maximum Gasteiger partial charge on any atom is 0.281 e. The first kappa shape index (κ1) is 18.9. The van der Waals surface area contributed by atoms with Crippen molar-refractivity contribution >= 4 is 10.2 Å². The zero-order chi connectivity index (χ0) is 15.7. The Hall–Kier alpha value is -0.170. The number of nitrogens with one attached hydrogen (secondary N) is 1. The Kier molecular flexibility index (Phi) is 8.78. The summed E-state index contributed by atoms with van der Waals surface area (Å²) in [7, 11) is -1.59. The van der Waals surface area contributed by atoms with Crippen LogP contribution in [-0.2, 0) is 10.2 Å². The Morgan fingerprint density at radius 2 is 1.57 bits per heavy atom. The maximum absolute atomic E-state index is 12.6. The molecule has 0 unspecified atom stereocenters. The molecule has 1 saturated carbocycles. The Labute approximate surface area is 131 Å². The van der Waals surface area contributed by atoms with Gasteiger partial charge in [0, 0.05) is 32.7 Å². The van der Waals surface area contributed by atoms with Gasteiger partial charge < -0.3 is 5.32 Å².